The Bertz CT molecular complexity index is 1540. The lowest BCUT2D eigenvalue weighted by molar-refractivity contribution is -0.130. The molecule has 0 aliphatic carbocycles. The Kier molecular flexibility index (Phi) is 5.84. The smallest absolute Gasteiger partial charge is 0.250 e. The molecule has 2 saturated heterocycles. The summed E-state index contributed by atoms with van der Waals surface area (Å²) in [5.74, 6) is -0.219. The van der Waals surface area contributed by atoms with Crippen LogP contribution in [0.3, 0.4) is 0 Å². The van der Waals surface area contributed by atoms with Crippen LogP contribution in [-0.2, 0) is 21.4 Å². The number of aromatic nitrogens is 3. The van der Waals surface area contributed by atoms with Gasteiger partial charge < -0.3 is 19.5 Å². The van der Waals surface area contributed by atoms with Gasteiger partial charge in [-0.05, 0) is 42.7 Å². The summed E-state index contributed by atoms with van der Waals surface area (Å²) in [4.78, 5) is 39.9. The van der Waals surface area contributed by atoms with E-state index in [-0.39, 0.29) is 37.3 Å². The molecule has 4 aromatic rings. The van der Waals surface area contributed by atoms with Crippen LogP contribution in [0.15, 0.2) is 77.9 Å². The third-order valence-corrected chi connectivity index (χ3v) is 7.16. The summed E-state index contributed by atoms with van der Waals surface area (Å²) in [6.07, 6.45) is 4.79. The average Bonchev–Trinajstić information content (AvgIpc) is 3.65. The van der Waals surface area contributed by atoms with Crippen LogP contribution in [0, 0.1) is 0 Å². The van der Waals surface area contributed by atoms with E-state index in [9.17, 15) is 14.4 Å². The molecule has 1 N–H and O–H groups in total. The summed E-state index contributed by atoms with van der Waals surface area (Å²) < 4.78 is 8.84. The summed E-state index contributed by atoms with van der Waals surface area (Å²) in [5, 5.41) is 8.49. The minimum atomic E-state index is -0.458. The van der Waals surface area contributed by atoms with Gasteiger partial charge in [-0.1, -0.05) is 30.3 Å². The van der Waals surface area contributed by atoms with Gasteiger partial charge in [-0.25, -0.2) is 4.68 Å². The molecule has 2 aromatic heterocycles. The van der Waals surface area contributed by atoms with E-state index in [1.54, 1.807) is 35.1 Å². The summed E-state index contributed by atoms with van der Waals surface area (Å²) >= 11 is 0. The first-order valence-corrected chi connectivity index (χ1v) is 12.4. The molecule has 3 atom stereocenters. The molecule has 9 heteroatoms. The second-order valence-electron chi connectivity index (χ2n) is 9.58. The van der Waals surface area contributed by atoms with Gasteiger partial charge in [0, 0.05) is 44.8 Å². The third-order valence-electron chi connectivity index (χ3n) is 7.16. The Morgan fingerprint density at radius 2 is 1.89 bits per heavy atom. The highest BCUT2D eigenvalue weighted by atomic mass is 16.5. The number of rotatable bonds is 5. The number of ether oxygens (including phenoxy) is 1. The number of nitrogens with zero attached hydrogens (tertiary/aromatic N) is 4. The molecule has 190 valence electrons. The first-order valence-electron chi connectivity index (χ1n) is 12.4. The maximum Gasteiger partial charge on any atom is 0.250 e. The second kappa shape index (κ2) is 9.33. The van der Waals surface area contributed by atoms with Crippen LogP contribution in [0.25, 0.3) is 16.6 Å². The molecule has 2 fully saturated rings. The van der Waals surface area contributed by atoms with Crippen LogP contribution in [-0.4, -0.2) is 44.9 Å². The standard InChI is InChI=1S/C28H27N5O4.H2/c1-31-17-21(10-12-25(31)34)33-23-11-9-20(14-19(23)16-29-33)32-26(35)15-22(27(32)18-6-3-2-4-7-18)30-28(36)24-8-5-13-37-24;/h2-4,6-7,9-12,14,16-17,22,24,27H,5,8,13,15H2,1H3,(H,30,36);1H/t22-,24+,27+;/m0./s1. The fourth-order valence-corrected chi connectivity index (χ4v) is 5.34. The summed E-state index contributed by atoms with van der Waals surface area (Å²) in [6, 6.07) is 18.1. The zero-order chi connectivity index (χ0) is 25.5. The van der Waals surface area contributed by atoms with Gasteiger partial charge in [0.15, 0.2) is 0 Å². The van der Waals surface area contributed by atoms with E-state index >= 15 is 0 Å². The molecule has 9 nitrogen and oxygen atoms in total. The van der Waals surface area contributed by atoms with Crippen molar-refractivity contribution < 1.29 is 15.8 Å². The van der Waals surface area contributed by atoms with E-state index in [0.717, 1.165) is 34.3 Å². The highest BCUT2D eigenvalue weighted by Crippen LogP contribution is 2.38. The number of hydrogen-bond acceptors (Lipinski definition) is 5. The first-order chi connectivity index (χ1) is 18.0. The molecule has 0 unspecified atom stereocenters. The van der Waals surface area contributed by atoms with E-state index in [4.69, 9.17) is 4.74 Å². The zero-order valence-corrected chi connectivity index (χ0v) is 20.4. The van der Waals surface area contributed by atoms with Gasteiger partial charge in [0.1, 0.15) is 6.10 Å². The number of anilines is 1. The largest absolute Gasteiger partial charge is 0.368 e. The van der Waals surface area contributed by atoms with Gasteiger partial charge in [0.05, 0.1) is 29.5 Å². The predicted octanol–water partition coefficient (Wildman–Crippen LogP) is 3.11. The first kappa shape index (κ1) is 23.2. The molecule has 0 spiro atoms. The fourth-order valence-electron chi connectivity index (χ4n) is 5.34. The lowest BCUT2D eigenvalue weighted by Crippen LogP contribution is -2.44. The van der Waals surface area contributed by atoms with Crippen molar-refractivity contribution in [3.8, 4) is 5.69 Å². The molecule has 2 aromatic carbocycles. The number of nitrogens with one attached hydrogen (secondary N) is 1. The number of amides is 2. The van der Waals surface area contributed by atoms with E-state index in [2.05, 4.69) is 10.4 Å². The summed E-state index contributed by atoms with van der Waals surface area (Å²) in [5.41, 5.74) is 3.21. The number of fused-ring (bicyclic) bond motifs is 1. The molecule has 37 heavy (non-hydrogen) atoms. The van der Waals surface area contributed by atoms with Crippen molar-refractivity contribution in [3.05, 3.63) is 89.0 Å². The van der Waals surface area contributed by atoms with E-state index in [1.807, 2.05) is 48.5 Å². The van der Waals surface area contributed by atoms with Crippen molar-refractivity contribution in [3.63, 3.8) is 0 Å². The van der Waals surface area contributed by atoms with Gasteiger partial charge >= 0.3 is 0 Å². The number of pyridine rings is 1. The fraction of sp³-hybridized carbons (Fsp3) is 0.286. The van der Waals surface area contributed by atoms with Gasteiger partial charge in [0.2, 0.25) is 17.4 Å². The molecule has 4 heterocycles. The molecular weight excluding hydrogens is 470 g/mol. The topological polar surface area (TPSA) is 98.5 Å². The number of aryl methyl sites for hydroxylation is 1. The molecular formula is C28H29N5O4. The third kappa shape index (κ3) is 4.21. The molecule has 6 rings (SSSR count). The normalized spacial score (nSPS) is 21.6. The van der Waals surface area contributed by atoms with Crippen molar-refractivity contribution in [2.45, 2.75) is 37.5 Å². The lowest BCUT2D eigenvalue weighted by atomic mass is 9.99. The van der Waals surface area contributed by atoms with E-state index in [0.29, 0.717) is 13.0 Å². The zero-order valence-electron chi connectivity index (χ0n) is 20.4. The van der Waals surface area contributed by atoms with Crippen molar-refractivity contribution in [2.24, 2.45) is 7.05 Å². The molecule has 0 bridgehead atoms. The van der Waals surface area contributed by atoms with Crippen molar-refractivity contribution in [1.82, 2.24) is 19.7 Å². The average molecular weight is 500 g/mol. The van der Waals surface area contributed by atoms with Gasteiger partial charge in [-0.2, -0.15) is 5.10 Å². The highest BCUT2D eigenvalue weighted by Gasteiger charge is 2.43. The van der Waals surface area contributed by atoms with Crippen LogP contribution >= 0.6 is 0 Å². The van der Waals surface area contributed by atoms with Crippen LogP contribution < -0.4 is 15.8 Å². The number of hydrogen-bond donors (Lipinski definition) is 1. The predicted molar refractivity (Wildman–Crippen MR) is 141 cm³/mol. The van der Waals surface area contributed by atoms with Crippen molar-refractivity contribution in [2.75, 3.05) is 11.5 Å². The van der Waals surface area contributed by atoms with Crippen LogP contribution in [0.1, 0.15) is 32.3 Å². The maximum atomic E-state index is 13.4. The quantitative estimate of drug-likeness (QED) is 0.455. The van der Waals surface area contributed by atoms with Gasteiger partial charge in [0.25, 0.3) is 0 Å². The minimum absolute atomic E-state index is 0. The molecule has 2 aliphatic rings. The molecule has 0 saturated carbocycles. The van der Waals surface area contributed by atoms with Crippen LogP contribution in [0.5, 0.6) is 0 Å². The van der Waals surface area contributed by atoms with E-state index < -0.39 is 6.10 Å². The Balaban J connectivity index is 0.00000294. The van der Waals surface area contributed by atoms with Crippen LogP contribution in [0.4, 0.5) is 5.69 Å². The van der Waals surface area contributed by atoms with Crippen LogP contribution in [0.2, 0.25) is 0 Å². The molecule has 0 radical (unpaired) electrons. The molecule has 2 aliphatic heterocycles. The van der Waals surface area contributed by atoms with Gasteiger partial charge in [-0.3, -0.25) is 14.4 Å². The minimum Gasteiger partial charge on any atom is -0.368 e. The molecule has 2 amide bonds. The SMILES string of the molecule is Cn1cc(-n2ncc3cc(N4C(=O)C[C@H](NC(=O)[C@H]5CCCO5)[C@H]4c4ccccc4)ccc32)ccc1=O.[HH]. The Labute approximate surface area is 214 Å². The Morgan fingerprint density at radius 1 is 1.08 bits per heavy atom. The summed E-state index contributed by atoms with van der Waals surface area (Å²) in [6.45, 7) is 0.586. The lowest BCUT2D eigenvalue weighted by Gasteiger charge is -2.29. The number of carbonyl (C=O) groups excluding carboxylic acids is 2. The van der Waals surface area contributed by atoms with E-state index in [1.165, 1.54) is 10.6 Å². The monoisotopic (exact) mass is 499 g/mol. The van der Waals surface area contributed by atoms with Crippen molar-refractivity contribution in [1.29, 1.82) is 0 Å². The summed E-state index contributed by atoms with van der Waals surface area (Å²) in [7, 11) is 1.70. The highest BCUT2D eigenvalue weighted by molar-refractivity contribution is 6.00. The van der Waals surface area contributed by atoms with Crippen molar-refractivity contribution >= 4 is 28.4 Å². The number of benzene rings is 2. The Morgan fingerprint density at radius 3 is 2.65 bits per heavy atom. The second-order valence-corrected chi connectivity index (χ2v) is 9.58. The maximum absolute atomic E-state index is 13.4. The Hall–Kier alpha value is -4.24. The van der Waals surface area contributed by atoms with Gasteiger partial charge in [-0.15, -0.1) is 0 Å². The number of carbonyl (C=O) groups is 2.